The zero-order valence-electron chi connectivity index (χ0n) is 14.4. The third-order valence-electron chi connectivity index (χ3n) is 4.24. The maximum Gasteiger partial charge on any atom is 0.254 e. The van der Waals surface area contributed by atoms with E-state index in [0.717, 1.165) is 6.42 Å². The minimum absolute atomic E-state index is 0.0390. The molecule has 1 aromatic rings. The Bertz CT molecular complexity index is 619. The molecule has 1 heterocycles. The van der Waals surface area contributed by atoms with Crippen molar-refractivity contribution >= 4 is 35.0 Å². The van der Waals surface area contributed by atoms with Crippen LogP contribution in [-0.2, 0) is 4.79 Å². The van der Waals surface area contributed by atoms with Gasteiger partial charge in [-0.1, -0.05) is 37.0 Å². The molecule has 0 aliphatic carbocycles. The first kappa shape index (κ1) is 19.1. The number of amides is 2. The molecule has 1 unspecified atom stereocenters. The van der Waals surface area contributed by atoms with Gasteiger partial charge in [-0.25, -0.2) is 0 Å². The second-order valence-corrected chi connectivity index (χ2v) is 7.37. The highest BCUT2D eigenvalue weighted by atomic mass is 35.5. The number of likely N-dealkylation sites (N-methyl/N-ethyl adjacent to an activating group) is 1. The van der Waals surface area contributed by atoms with Crippen molar-refractivity contribution in [3.63, 3.8) is 0 Å². The Morgan fingerprint density at radius 1 is 1.29 bits per heavy atom. The molecule has 1 atom stereocenters. The summed E-state index contributed by atoms with van der Waals surface area (Å²) in [5.41, 5.74) is 0.469. The number of nitrogens with zero attached hydrogens (tertiary/aromatic N) is 2. The Balaban J connectivity index is 2.18. The third-order valence-corrected chi connectivity index (χ3v) is 4.98. The summed E-state index contributed by atoms with van der Waals surface area (Å²) in [5, 5.41) is 0.760. The number of hydrogen-bond acceptors (Lipinski definition) is 2. The predicted molar refractivity (Wildman–Crippen MR) is 97.6 cm³/mol. The van der Waals surface area contributed by atoms with E-state index in [2.05, 4.69) is 13.8 Å². The highest BCUT2D eigenvalue weighted by molar-refractivity contribution is 6.42. The van der Waals surface area contributed by atoms with Crippen molar-refractivity contribution < 1.29 is 9.59 Å². The quantitative estimate of drug-likeness (QED) is 0.782. The Morgan fingerprint density at radius 3 is 2.58 bits per heavy atom. The van der Waals surface area contributed by atoms with Gasteiger partial charge in [0.05, 0.1) is 10.0 Å². The molecule has 24 heavy (non-hydrogen) atoms. The molecule has 1 aliphatic heterocycles. The highest BCUT2D eigenvalue weighted by Gasteiger charge is 2.36. The van der Waals surface area contributed by atoms with Gasteiger partial charge < -0.3 is 9.80 Å². The molecule has 132 valence electrons. The number of carbonyl (C=O) groups is 2. The number of halogens is 2. The summed E-state index contributed by atoms with van der Waals surface area (Å²) < 4.78 is 0. The lowest BCUT2D eigenvalue weighted by atomic mass is 10.1. The van der Waals surface area contributed by atoms with Crippen LogP contribution in [0.5, 0.6) is 0 Å². The summed E-state index contributed by atoms with van der Waals surface area (Å²) in [4.78, 5) is 29.2. The smallest absolute Gasteiger partial charge is 0.254 e. The lowest BCUT2D eigenvalue weighted by Crippen LogP contribution is -2.48. The fourth-order valence-corrected chi connectivity index (χ4v) is 3.39. The third kappa shape index (κ3) is 4.22. The van der Waals surface area contributed by atoms with Crippen LogP contribution < -0.4 is 0 Å². The van der Waals surface area contributed by atoms with Crippen LogP contribution in [-0.4, -0.2) is 47.3 Å². The maximum absolute atomic E-state index is 12.9. The van der Waals surface area contributed by atoms with Crippen LogP contribution in [0.25, 0.3) is 0 Å². The Labute approximate surface area is 153 Å². The Morgan fingerprint density at radius 2 is 2.00 bits per heavy atom. The van der Waals surface area contributed by atoms with Gasteiger partial charge in [-0.2, -0.15) is 0 Å². The summed E-state index contributed by atoms with van der Waals surface area (Å²) in [7, 11) is 0. The molecule has 6 heteroatoms. The number of benzene rings is 1. The van der Waals surface area contributed by atoms with Crippen molar-refractivity contribution in [3.8, 4) is 0 Å². The second-order valence-electron chi connectivity index (χ2n) is 6.56. The normalized spacial score (nSPS) is 17.4. The van der Waals surface area contributed by atoms with E-state index in [1.165, 1.54) is 0 Å². The highest BCUT2D eigenvalue weighted by Crippen LogP contribution is 2.26. The van der Waals surface area contributed by atoms with Crippen molar-refractivity contribution in [2.75, 3.05) is 19.6 Å². The summed E-state index contributed by atoms with van der Waals surface area (Å²) >= 11 is 11.9. The second kappa shape index (κ2) is 8.21. The van der Waals surface area contributed by atoms with E-state index < -0.39 is 0 Å². The minimum atomic E-state index is -0.384. The minimum Gasteiger partial charge on any atom is -0.341 e. The lowest BCUT2D eigenvalue weighted by Gasteiger charge is -2.30. The maximum atomic E-state index is 12.9. The van der Waals surface area contributed by atoms with E-state index >= 15 is 0 Å². The molecule has 1 aromatic carbocycles. The van der Waals surface area contributed by atoms with E-state index in [9.17, 15) is 9.59 Å². The molecule has 1 aliphatic rings. The summed E-state index contributed by atoms with van der Waals surface area (Å²) in [6.07, 6.45) is 1.54. The van der Waals surface area contributed by atoms with Gasteiger partial charge in [0.25, 0.3) is 5.91 Å². The summed E-state index contributed by atoms with van der Waals surface area (Å²) in [6.45, 7) is 8.10. The van der Waals surface area contributed by atoms with E-state index in [-0.39, 0.29) is 17.9 Å². The molecule has 0 radical (unpaired) electrons. The van der Waals surface area contributed by atoms with Crippen molar-refractivity contribution in [1.29, 1.82) is 0 Å². The van der Waals surface area contributed by atoms with Gasteiger partial charge in [-0.3, -0.25) is 9.59 Å². The van der Waals surface area contributed by atoms with E-state index in [1.807, 2.05) is 11.8 Å². The van der Waals surface area contributed by atoms with Gasteiger partial charge in [-0.05, 0) is 43.9 Å². The standard InChI is InChI=1S/C18H24Cl2N2O2/c1-4-21(11-12(2)3)18(24)16-6-5-9-22(16)17(23)13-7-8-14(19)15(20)10-13/h7-8,10,12,16H,4-6,9,11H2,1-3H3. The number of rotatable bonds is 5. The molecule has 0 aromatic heterocycles. The van der Waals surface area contributed by atoms with Crippen LogP contribution in [0.1, 0.15) is 44.0 Å². The fourth-order valence-electron chi connectivity index (χ4n) is 3.09. The monoisotopic (exact) mass is 370 g/mol. The van der Waals surface area contributed by atoms with E-state index in [1.54, 1.807) is 23.1 Å². The first-order chi connectivity index (χ1) is 11.3. The lowest BCUT2D eigenvalue weighted by molar-refractivity contribution is -0.135. The largest absolute Gasteiger partial charge is 0.341 e. The number of hydrogen-bond donors (Lipinski definition) is 0. The zero-order chi connectivity index (χ0) is 17.9. The first-order valence-corrected chi connectivity index (χ1v) is 9.15. The molecule has 2 amide bonds. The average molecular weight is 371 g/mol. The van der Waals surface area contributed by atoms with Crippen LogP contribution in [0.2, 0.25) is 10.0 Å². The summed E-state index contributed by atoms with van der Waals surface area (Å²) in [6, 6.07) is 4.45. The molecule has 2 rings (SSSR count). The van der Waals surface area contributed by atoms with Crippen LogP contribution >= 0.6 is 23.2 Å². The SMILES string of the molecule is CCN(CC(C)C)C(=O)C1CCCN1C(=O)c1ccc(Cl)c(Cl)c1. The zero-order valence-corrected chi connectivity index (χ0v) is 15.9. The summed E-state index contributed by atoms with van der Waals surface area (Å²) in [5.74, 6) is 0.275. The van der Waals surface area contributed by atoms with Crippen LogP contribution in [0, 0.1) is 5.92 Å². The first-order valence-electron chi connectivity index (χ1n) is 8.40. The number of carbonyl (C=O) groups excluding carboxylic acids is 2. The molecule has 1 saturated heterocycles. The average Bonchev–Trinajstić information content (AvgIpc) is 3.03. The Kier molecular flexibility index (Phi) is 6.53. The van der Waals surface area contributed by atoms with Gasteiger partial charge in [-0.15, -0.1) is 0 Å². The van der Waals surface area contributed by atoms with Crippen LogP contribution in [0.3, 0.4) is 0 Å². The van der Waals surface area contributed by atoms with Gasteiger partial charge in [0, 0.05) is 25.2 Å². The molecule has 0 bridgehead atoms. The molecule has 0 saturated carbocycles. The molecular formula is C18H24Cl2N2O2. The fraction of sp³-hybridized carbons (Fsp3) is 0.556. The molecule has 1 fully saturated rings. The van der Waals surface area contributed by atoms with Gasteiger partial charge >= 0.3 is 0 Å². The van der Waals surface area contributed by atoms with Gasteiger partial charge in [0.1, 0.15) is 6.04 Å². The molecule has 0 spiro atoms. The van der Waals surface area contributed by atoms with Crippen LogP contribution in [0.15, 0.2) is 18.2 Å². The van der Waals surface area contributed by atoms with E-state index in [0.29, 0.717) is 47.6 Å². The van der Waals surface area contributed by atoms with Crippen molar-refractivity contribution in [1.82, 2.24) is 9.80 Å². The molecular weight excluding hydrogens is 347 g/mol. The Hall–Kier alpha value is -1.26. The predicted octanol–water partition coefficient (Wildman–Crippen LogP) is 4.10. The number of likely N-dealkylation sites (tertiary alicyclic amines) is 1. The van der Waals surface area contributed by atoms with Gasteiger partial charge in [0.15, 0.2) is 0 Å². The van der Waals surface area contributed by atoms with Gasteiger partial charge in [0.2, 0.25) is 5.91 Å². The molecule has 4 nitrogen and oxygen atoms in total. The molecule has 0 N–H and O–H groups in total. The topological polar surface area (TPSA) is 40.6 Å². The van der Waals surface area contributed by atoms with E-state index in [4.69, 9.17) is 23.2 Å². The van der Waals surface area contributed by atoms with Crippen molar-refractivity contribution in [2.45, 2.75) is 39.7 Å². The van der Waals surface area contributed by atoms with Crippen molar-refractivity contribution in [2.24, 2.45) is 5.92 Å². The van der Waals surface area contributed by atoms with Crippen molar-refractivity contribution in [3.05, 3.63) is 33.8 Å². The van der Waals surface area contributed by atoms with Crippen LogP contribution in [0.4, 0.5) is 0 Å².